The van der Waals surface area contributed by atoms with Gasteiger partial charge >= 0.3 is 5.97 Å². The number of carboxylic acids is 1. The predicted octanol–water partition coefficient (Wildman–Crippen LogP) is 2.64. The van der Waals surface area contributed by atoms with E-state index in [0.717, 1.165) is 18.0 Å². The van der Waals surface area contributed by atoms with Gasteiger partial charge in [-0.05, 0) is 37.5 Å². The number of benzene rings is 1. The molecular weight excluding hydrogens is 280 g/mol. The number of likely N-dealkylation sites (N-methyl/N-ethyl adjacent to an activating group) is 1. The van der Waals surface area contributed by atoms with Crippen LogP contribution in [-0.4, -0.2) is 37.3 Å². The Bertz CT molecular complexity index is 499. The highest BCUT2D eigenvalue weighted by Gasteiger charge is 2.15. The number of hydrogen-bond donors (Lipinski definition) is 2. The second-order valence-electron chi connectivity index (χ2n) is 5.85. The average molecular weight is 306 g/mol. The molecule has 0 bridgehead atoms. The molecule has 1 fully saturated rings. The van der Waals surface area contributed by atoms with Crippen molar-refractivity contribution in [1.29, 1.82) is 0 Å². The SMILES string of the molecule is CCOc1cc(CNC2CCCC2)ccc1N(C)CC(=O)O. The van der Waals surface area contributed by atoms with Crippen molar-refractivity contribution in [3.05, 3.63) is 23.8 Å². The highest BCUT2D eigenvalue weighted by molar-refractivity contribution is 5.75. The molecule has 2 N–H and O–H groups in total. The standard InChI is InChI=1S/C17H26N2O3/c1-3-22-16-10-13(11-18-14-6-4-5-7-14)8-9-15(16)19(2)12-17(20)21/h8-10,14,18H,3-7,11-12H2,1-2H3,(H,20,21). The fraction of sp³-hybridized carbons (Fsp3) is 0.588. The Hall–Kier alpha value is -1.75. The molecule has 1 aliphatic carbocycles. The van der Waals surface area contributed by atoms with Gasteiger partial charge in [0.05, 0.1) is 12.3 Å². The molecule has 1 aliphatic rings. The molecule has 0 aromatic heterocycles. The number of nitrogens with zero attached hydrogens (tertiary/aromatic N) is 1. The average Bonchev–Trinajstić information content (AvgIpc) is 2.98. The summed E-state index contributed by atoms with van der Waals surface area (Å²) in [5.74, 6) is -0.103. The van der Waals surface area contributed by atoms with Gasteiger partial charge in [0.25, 0.3) is 0 Å². The van der Waals surface area contributed by atoms with E-state index < -0.39 is 5.97 Å². The zero-order chi connectivity index (χ0) is 15.9. The van der Waals surface area contributed by atoms with E-state index in [1.807, 2.05) is 25.1 Å². The maximum absolute atomic E-state index is 10.9. The molecule has 5 heteroatoms. The van der Waals surface area contributed by atoms with Crippen molar-refractivity contribution >= 4 is 11.7 Å². The van der Waals surface area contributed by atoms with E-state index in [1.54, 1.807) is 11.9 Å². The number of carbonyl (C=O) groups is 1. The zero-order valence-electron chi connectivity index (χ0n) is 13.5. The Balaban J connectivity index is 2.06. The van der Waals surface area contributed by atoms with Gasteiger partial charge in [0, 0.05) is 19.6 Å². The van der Waals surface area contributed by atoms with Gasteiger partial charge in [0.1, 0.15) is 12.3 Å². The molecule has 1 saturated carbocycles. The second-order valence-corrected chi connectivity index (χ2v) is 5.85. The van der Waals surface area contributed by atoms with Crippen LogP contribution in [0.25, 0.3) is 0 Å². The molecule has 0 spiro atoms. The number of anilines is 1. The van der Waals surface area contributed by atoms with E-state index in [-0.39, 0.29) is 6.54 Å². The van der Waals surface area contributed by atoms with Crippen LogP contribution < -0.4 is 15.0 Å². The molecule has 0 unspecified atom stereocenters. The third-order valence-corrected chi connectivity index (χ3v) is 4.06. The van der Waals surface area contributed by atoms with Crippen LogP contribution in [0.1, 0.15) is 38.2 Å². The molecule has 0 heterocycles. The van der Waals surface area contributed by atoms with Crippen LogP contribution in [0, 0.1) is 0 Å². The molecule has 0 saturated heterocycles. The van der Waals surface area contributed by atoms with Gasteiger partial charge in [0.2, 0.25) is 0 Å². The van der Waals surface area contributed by atoms with Crippen molar-refractivity contribution in [2.24, 2.45) is 0 Å². The first-order valence-corrected chi connectivity index (χ1v) is 8.02. The monoisotopic (exact) mass is 306 g/mol. The quantitative estimate of drug-likeness (QED) is 0.773. The number of nitrogens with one attached hydrogen (secondary N) is 1. The molecule has 22 heavy (non-hydrogen) atoms. The Morgan fingerprint density at radius 3 is 2.77 bits per heavy atom. The number of hydrogen-bond acceptors (Lipinski definition) is 4. The van der Waals surface area contributed by atoms with Gasteiger partial charge in [-0.15, -0.1) is 0 Å². The molecule has 0 amide bonds. The van der Waals surface area contributed by atoms with E-state index >= 15 is 0 Å². The highest BCUT2D eigenvalue weighted by atomic mass is 16.5. The van der Waals surface area contributed by atoms with Crippen LogP contribution in [0.15, 0.2) is 18.2 Å². The lowest BCUT2D eigenvalue weighted by molar-refractivity contribution is -0.135. The summed E-state index contributed by atoms with van der Waals surface area (Å²) in [6.45, 7) is 3.28. The fourth-order valence-corrected chi connectivity index (χ4v) is 2.94. The van der Waals surface area contributed by atoms with E-state index in [0.29, 0.717) is 12.6 Å². The maximum atomic E-state index is 10.9. The van der Waals surface area contributed by atoms with Gasteiger partial charge in [-0.2, -0.15) is 0 Å². The van der Waals surface area contributed by atoms with E-state index in [9.17, 15) is 4.79 Å². The first-order valence-electron chi connectivity index (χ1n) is 8.02. The number of ether oxygens (including phenoxy) is 1. The van der Waals surface area contributed by atoms with Crippen molar-refractivity contribution in [3.8, 4) is 5.75 Å². The van der Waals surface area contributed by atoms with Crippen LogP contribution in [0.4, 0.5) is 5.69 Å². The molecule has 5 nitrogen and oxygen atoms in total. The summed E-state index contributed by atoms with van der Waals surface area (Å²) in [6, 6.07) is 6.63. The Kier molecular flexibility index (Phi) is 6.07. The Morgan fingerprint density at radius 2 is 2.14 bits per heavy atom. The Morgan fingerprint density at radius 1 is 1.41 bits per heavy atom. The van der Waals surface area contributed by atoms with Gasteiger partial charge in [-0.1, -0.05) is 18.9 Å². The van der Waals surface area contributed by atoms with Gasteiger partial charge in [-0.25, -0.2) is 0 Å². The number of aliphatic carboxylic acids is 1. The summed E-state index contributed by atoms with van der Waals surface area (Å²) in [7, 11) is 1.77. The van der Waals surface area contributed by atoms with Crippen molar-refractivity contribution in [3.63, 3.8) is 0 Å². The summed E-state index contributed by atoms with van der Waals surface area (Å²) < 4.78 is 5.69. The smallest absolute Gasteiger partial charge is 0.323 e. The second kappa shape index (κ2) is 8.03. The highest BCUT2D eigenvalue weighted by Crippen LogP contribution is 2.29. The summed E-state index contributed by atoms with van der Waals surface area (Å²) in [6.07, 6.45) is 5.16. The molecule has 0 aliphatic heterocycles. The van der Waals surface area contributed by atoms with Gasteiger partial charge in [-0.3, -0.25) is 4.79 Å². The van der Waals surface area contributed by atoms with E-state index in [1.165, 1.54) is 31.2 Å². The summed E-state index contributed by atoms with van der Waals surface area (Å²) in [5, 5.41) is 12.5. The van der Waals surface area contributed by atoms with Crippen LogP contribution in [0.3, 0.4) is 0 Å². The third kappa shape index (κ3) is 4.63. The number of rotatable bonds is 8. The summed E-state index contributed by atoms with van der Waals surface area (Å²) in [4.78, 5) is 12.6. The van der Waals surface area contributed by atoms with Crippen LogP contribution >= 0.6 is 0 Å². The topological polar surface area (TPSA) is 61.8 Å². The van der Waals surface area contributed by atoms with Crippen molar-refractivity contribution in [2.45, 2.75) is 45.2 Å². The maximum Gasteiger partial charge on any atom is 0.323 e. The van der Waals surface area contributed by atoms with Crippen molar-refractivity contribution < 1.29 is 14.6 Å². The molecule has 1 aromatic carbocycles. The molecule has 122 valence electrons. The Labute approximate surface area is 132 Å². The largest absolute Gasteiger partial charge is 0.492 e. The molecule has 0 radical (unpaired) electrons. The molecule has 1 aromatic rings. The minimum absolute atomic E-state index is 0.0419. The normalized spacial score (nSPS) is 15.0. The third-order valence-electron chi connectivity index (χ3n) is 4.06. The number of carboxylic acid groups (broad SMARTS) is 1. The lowest BCUT2D eigenvalue weighted by Gasteiger charge is -2.21. The van der Waals surface area contributed by atoms with Crippen LogP contribution in [0.2, 0.25) is 0 Å². The van der Waals surface area contributed by atoms with E-state index in [4.69, 9.17) is 9.84 Å². The van der Waals surface area contributed by atoms with Crippen LogP contribution in [-0.2, 0) is 11.3 Å². The predicted molar refractivity (Wildman–Crippen MR) is 87.6 cm³/mol. The van der Waals surface area contributed by atoms with Gasteiger partial charge < -0.3 is 20.1 Å². The molecule has 2 rings (SSSR count). The fourth-order valence-electron chi connectivity index (χ4n) is 2.94. The summed E-state index contributed by atoms with van der Waals surface area (Å²) >= 11 is 0. The van der Waals surface area contributed by atoms with Crippen molar-refractivity contribution in [1.82, 2.24) is 5.32 Å². The zero-order valence-corrected chi connectivity index (χ0v) is 13.5. The molecular formula is C17H26N2O3. The van der Waals surface area contributed by atoms with E-state index in [2.05, 4.69) is 5.32 Å². The lowest BCUT2D eigenvalue weighted by atomic mass is 10.1. The van der Waals surface area contributed by atoms with Crippen molar-refractivity contribution in [2.75, 3.05) is 25.1 Å². The first-order chi connectivity index (χ1) is 10.6. The molecule has 0 atom stereocenters. The minimum Gasteiger partial charge on any atom is -0.492 e. The summed E-state index contributed by atoms with van der Waals surface area (Å²) in [5.41, 5.74) is 1.98. The first kappa shape index (κ1) is 16.6. The van der Waals surface area contributed by atoms with Crippen LogP contribution in [0.5, 0.6) is 5.75 Å². The minimum atomic E-state index is -0.850. The van der Waals surface area contributed by atoms with Gasteiger partial charge in [0.15, 0.2) is 0 Å². The lowest BCUT2D eigenvalue weighted by Crippen LogP contribution is -2.26.